The molecular weight excluding hydrogens is 456 g/mol. The molecule has 0 unspecified atom stereocenters. The molecule has 3 rings (SSSR count). The highest BCUT2D eigenvalue weighted by atomic mass is 35.5. The molecule has 3 aromatic rings. The van der Waals surface area contributed by atoms with Gasteiger partial charge in [0, 0.05) is 10.6 Å². The fourth-order valence-electron chi connectivity index (χ4n) is 2.85. The second-order valence-corrected chi connectivity index (χ2v) is 7.54. The van der Waals surface area contributed by atoms with E-state index in [2.05, 4.69) is 10.5 Å². The molecule has 0 aliphatic heterocycles. The Labute approximate surface area is 203 Å². The van der Waals surface area contributed by atoms with Crippen LogP contribution in [0.3, 0.4) is 0 Å². The number of hydrogen-bond donors (Lipinski definition) is 1. The van der Waals surface area contributed by atoms with E-state index in [0.29, 0.717) is 46.4 Å². The van der Waals surface area contributed by atoms with E-state index in [4.69, 9.17) is 25.8 Å². The Hall–Kier alpha value is -3.84. The van der Waals surface area contributed by atoms with Crippen molar-refractivity contribution in [2.24, 2.45) is 5.10 Å². The summed E-state index contributed by atoms with van der Waals surface area (Å²) in [5.41, 5.74) is 3.93. The molecule has 0 aliphatic rings. The van der Waals surface area contributed by atoms with Crippen molar-refractivity contribution in [3.05, 3.63) is 88.4 Å². The van der Waals surface area contributed by atoms with Crippen molar-refractivity contribution in [2.45, 2.75) is 20.3 Å². The fraction of sp³-hybridized carbons (Fsp3) is 0.192. The average molecular weight is 481 g/mol. The summed E-state index contributed by atoms with van der Waals surface area (Å²) in [7, 11) is 0. The van der Waals surface area contributed by atoms with Crippen molar-refractivity contribution in [1.29, 1.82) is 0 Å². The third-order valence-electron chi connectivity index (χ3n) is 4.52. The quantitative estimate of drug-likeness (QED) is 0.179. The zero-order valence-electron chi connectivity index (χ0n) is 18.9. The summed E-state index contributed by atoms with van der Waals surface area (Å²) < 4.78 is 16.7. The Morgan fingerprint density at radius 2 is 1.62 bits per heavy atom. The maximum absolute atomic E-state index is 12.6. The lowest BCUT2D eigenvalue weighted by molar-refractivity contribution is 0.0728. The molecule has 0 saturated heterocycles. The van der Waals surface area contributed by atoms with Gasteiger partial charge in [-0.3, -0.25) is 4.79 Å². The first kappa shape index (κ1) is 24.8. The molecule has 0 atom stereocenters. The van der Waals surface area contributed by atoms with Crippen LogP contribution in [0.15, 0.2) is 71.8 Å². The number of nitrogens with one attached hydrogen (secondary N) is 1. The van der Waals surface area contributed by atoms with Crippen molar-refractivity contribution < 1.29 is 23.8 Å². The van der Waals surface area contributed by atoms with Gasteiger partial charge in [0.15, 0.2) is 11.5 Å². The van der Waals surface area contributed by atoms with Crippen LogP contribution >= 0.6 is 11.6 Å². The molecule has 0 bridgehead atoms. The lowest BCUT2D eigenvalue weighted by Gasteiger charge is -2.12. The molecule has 0 aliphatic carbocycles. The molecule has 1 N–H and O–H groups in total. The van der Waals surface area contributed by atoms with Crippen molar-refractivity contribution >= 4 is 29.7 Å². The largest absolute Gasteiger partial charge is 0.494 e. The minimum absolute atomic E-state index is 0.278. The van der Waals surface area contributed by atoms with Gasteiger partial charge < -0.3 is 14.2 Å². The Bertz CT molecular complexity index is 1140. The van der Waals surface area contributed by atoms with Crippen molar-refractivity contribution in [1.82, 2.24) is 5.43 Å². The number of amides is 1. The van der Waals surface area contributed by atoms with E-state index in [1.807, 2.05) is 13.8 Å². The molecule has 176 valence electrons. The van der Waals surface area contributed by atoms with Gasteiger partial charge in [0.05, 0.1) is 25.0 Å². The first-order valence-electron chi connectivity index (χ1n) is 10.8. The van der Waals surface area contributed by atoms with Gasteiger partial charge in [0.1, 0.15) is 5.75 Å². The minimum atomic E-state index is -0.514. The second-order valence-electron chi connectivity index (χ2n) is 7.11. The number of esters is 1. The van der Waals surface area contributed by atoms with Gasteiger partial charge in [-0.1, -0.05) is 18.5 Å². The molecule has 1 amide bonds. The van der Waals surface area contributed by atoms with Crippen LogP contribution in [0.1, 0.15) is 46.5 Å². The van der Waals surface area contributed by atoms with Crippen LogP contribution in [0.4, 0.5) is 0 Å². The fourth-order valence-corrected chi connectivity index (χ4v) is 2.98. The number of halogens is 1. The first-order chi connectivity index (χ1) is 16.5. The molecule has 0 fully saturated rings. The average Bonchev–Trinajstić information content (AvgIpc) is 2.85. The van der Waals surface area contributed by atoms with Crippen LogP contribution in [0.5, 0.6) is 17.2 Å². The molecular formula is C26H25ClN2O5. The summed E-state index contributed by atoms with van der Waals surface area (Å²) in [4.78, 5) is 24.7. The van der Waals surface area contributed by atoms with E-state index in [1.165, 1.54) is 6.21 Å². The van der Waals surface area contributed by atoms with Gasteiger partial charge in [-0.15, -0.1) is 0 Å². The first-order valence-corrected chi connectivity index (χ1v) is 11.2. The van der Waals surface area contributed by atoms with Gasteiger partial charge in [0.25, 0.3) is 5.91 Å². The molecule has 0 heterocycles. The Morgan fingerprint density at radius 1 is 0.912 bits per heavy atom. The van der Waals surface area contributed by atoms with Crippen LogP contribution in [-0.2, 0) is 0 Å². The number of carbonyl (C=O) groups is 2. The van der Waals surface area contributed by atoms with E-state index < -0.39 is 5.97 Å². The standard InChI is InChI=1S/C26H25ClN2O5/c1-3-15-33-22-12-8-20(9-13-22)26(31)34-23-14-5-18(16-24(23)32-4-2)17-28-29-25(30)19-6-10-21(27)11-7-19/h5-14,16-17H,3-4,15H2,1-2H3,(H,29,30). The van der Waals surface area contributed by atoms with Crippen molar-refractivity contribution in [3.63, 3.8) is 0 Å². The number of nitrogens with zero attached hydrogens (tertiary/aromatic N) is 1. The summed E-state index contributed by atoms with van der Waals surface area (Å²) in [5, 5.41) is 4.52. The smallest absolute Gasteiger partial charge is 0.343 e. The van der Waals surface area contributed by atoms with E-state index in [9.17, 15) is 9.59 Å². The number of rotatable bonds is 10. The van der Waals surface area contributed by atoms with Gasteiger partial charge in [-0.25, -0.2) is 10.2 Å². The highest BCUT2D eigenvalue weighted by Gasteiger charge is 2.13. The predicted molar refractivity (Wildman–Crippen MR) is 131 cm³/mol. The van der Waals surface area contributed by atoms with Crippen LogP contribution in [0.25, 0.3) is 0 Å². The molecule has 34 heavy (non-hydrogen) atoms. The monoisotopic (exact) mass is 480 g/mol. The van der Waals surface area contributed by atoms with Crippen LogP contribution in [-0.4, -0.2) is 31.3 Å². The number of ether oxygens (including phenoxy) is 3. The van der Waals surface area contributed by atoms with E-state index in [-0.39, 0.29) is 11.7 Å². The van der Waals surface area contributed by atoms with Gasteiger partial charge in [-0.2, -0.15) is 5.10 Å². The molecule has 0 radical (unpaired) electrons. The third-order valence-corrected chi connectivity index (χ3v) is 4.77. The summed E-state index contributed by atoms with van der Waals surface area (Å²) in [6.45, 7) is 4.84. The summed E-state index contributed by atoms with van der Waals surface area (Å²) >= 11 is 5.83. The molecule has 8 heteroatoms. The Balaban J connectivity index is 1.66. The molecule has 0 aromatic heterocycles. The Morgan fingerprint density at radius 3 is 2.29 bits per heavy atom. The van der Waals surface area contributed by atoms with Gasteiger partial charge in [0.2, 0.25) is 0 Å². The van der Waals surface area contributed by atoms with Crippen LogP contribution < -0.4 is 19.6 Å². The number of hydrogen-bond acceptors (Lipinski definition) is 6. The summed E-state index contributed by atoms with van der Waals surface area (Å²) in [5.74, 6) is 0.474. The SMILES string of the molecule is CCCOc1ccc(C(=O)Oc2ccc(C=NNC(=O)c3ccc(Cl)cc3)cc2OCC)cc1. The van der Waals surface area contributed by atoms with Gasteiger partial charge in [-0.05, 0) is 85.6 Å². The van der Waals surface area contributed by atoms with E-state index in [1.54, 1.807) is 66.7 Å². The second kappa shape index (κ2) is 12.4. The lowest BCUT2D eigenvalue weighted by Crippen LogP contribution is -2.17. The minimum Gasteiger partial charge on any atom is -0.494 e. The molecule has 7 nitrogen and oxygen atoms in total. The lowest BCUT2D eigenvalue weighted by atomic mass is 10.2. The zero-order chi connectivity index (χ0) is 24.3. The summed E-state index contributed by atoms with van der Waals surface area (Å²) in [6, 6.07) is 18.2. The van der Waals surface area contributed by atoms with Crippen molar-refractivity contribution in [2.75, 3.05) is 13.2 Å². The third kappa shape index (κ3) is 7.08. The number of hydrazone groups is 1. The van der Waals surface area contributed by atoms with Crippen LogP contribution in [0, 0.1) is 0 Å². The normalized spacial score (nSPS) is 10.7. The zero-order valence-corrected chi connectivity index (χ0v) is 19.7. The van der Waals surface area contributed by atoms with Crippen molar-refractivity contribution in [3.8, 4) is 17.2 Å². The number of carbonyl (C=O) groups excluding carboxylic acids is 2. The Kier molecular flexibility index (Phi) is 9.05. The highest BCUT2D eigenvalue weighted by molar-refractivity contribution is 6.30. The van der Waals surface area contributed by atoms with Gasteiger partial charge >= 0.3 is 5.97 Å². The molecule has 0 saturated carbocycles. The maximum atomic E-state index is 12.6. The highest BCUT2D eigenvalue weighted by Crippen LogP contribution is 2.29. The molecule has 0 spiro atoms. The van der Waals surface area contributed by atoms with E-state index in [0.717, 1.165) is 6.42 Å². The van der Waals surface area contributed by atoms with Crippen LogP contribution in [0.2, 0.25) is 5.02 Å². The number of benzene rings is 3. The van der Waals surface area contributed by atoms with E-state index >= 15 is 0 Å². The predicted octanol–water partition coefficient (Wildman–Crippen LogP) is 5.51. The molecule has 3 aromatic carbocycles. The summed E-state index contributed by atoms with van der Waals surface area (Å²) in [6.07, 6.45) is 2.37. The topological polar surface area (TPSA) is 86.2 Å². The maximum Gasteiger partial charge on any atom is 0.343 e.